The van der Waals surface area contributed by atoms with Gasteiger partial charge in [0.25, 0.3) is 0 Å². The Hall–Kier alpha value is -1.32. The molecule has 0 radical (unpaired) electrons. The molecule has 2 rings (SSSR count). The van der Waals surface area contributed by atoms with Crippen LogP contribution in [0.2, 0.25) is 0 Å². The van der Waals surface area contributed by atoms with Crippen molar-refractivity contribution in [2.24, 2.45) is 5.73 Å². The molecular formula is C15H23N3. The van der Waals surface area contributed by atoms with Crippen LogP contribution in [0, 0.1) is 20.8 Å². The van der Waals surface area contributed by atoms with Crippen LogP contribution in [0.3, 0.4) is 0 Å². The Bertz CT molecular complexity index is 567. The van der Waals surface area contributed by atoms with Gasteiger partial charge >= 0.3 is 0 Å². The van der Waals surface area contributed by atoms with E-state index in [1.54, 1.807) is 0 Å². The normalized spacial score (nSPS) is 13.5. The molecule has 0 amide bonds. The summed E-state index contributed by atoms with van der Waals surface area (Å²) in [5.41, 5.74) is 12.4. The fourth-order valence-corrected chi connectivity index (χ4v) is 2.76. The third-order valence-electron chi connectivity index (χ3n) is 3.79. The lowest BCUT2D eigenvalue weighted by molar-refractivity contribution is 0.307. The van der Waals surface area contributed by atoms with Gasteiger partial charge in [-0.3, -0.25) is 0 Å². The first-order valence-corrected chi connectivity index (χ1v) is 6.42. The molecule has 0 spiro atoms. The van der Waals surface area contributed by atoms with E-state index in [4.69, 9.17) is 5.73 Å². The summed E-state index contributed by atoms with van der Waals surface area (Å²) >= 11 is 0. The van der Waals surface area contributed by atoms with Crippen LogP contribution in [0.5, 0.6) is 0 Å². The minimum Gasteiger partial charge on any atom is -0.358 e. The van der Waals surface area contributed by atoms with Crippen LogP contribution < -0.4 is 5.73 Å². The van der Waals surface area contributed by atoms with Gasteiger partial charge in [-0.05, 0) is 51.6 Å². The molecule has 0 aliphatic heterocycles. The standard InChI is InChI=1S/C15H23N3/c1-9-6-7-10(2)15-13(9)14(11(3)17-15)12(8-16)18(4)5/h6-7,12,17H,8,16H2,1-5H3. The Kier molecular flexibility index (Phi) is 3.46. The Labute approximate surface area is 109 Å². The number of fused-ring (bicyclic) bond motifs is 1. The monoisotopic (exact) mass is 245 g/mol. The highest BCUT2D eigenvalue weighted by molar-refractivity contribution is 5.90. The van der Waals surface area contributed by atoms with E-state index in [2.05, 4.69) is 56.9 Å². The molecule has 1 heterocycles. The van der Waals surface area contributed by atoms with E-state index >= 15 is 0 Å². The largest absolute Gasteiger partial charge is 0.358 e. The molecule has 0 aliphatic rings. The molecule has 0 fully saturated rings. The van der Waals surface area contributed by atoms with Crippen LogP contribution in [0.4, 0.5) is 0 Å². The van der Waals surface area contributed by atoms with Crippen molar-refractivity contribution in [3.8, 4) is 0 Å². The number of benzene rings is 1. The van der Waals surface area contributed by atoms with Gasteiger partial charge in [0.1, 0.15) is 0 Å². The molecule has 3 nitrogen and oxygen atoms in total. The lowest BCUT2D eigenvalue weighted by Crippen LogP contribution is -2.27. The summed E-state index contributed by atoms with van der Waals surface area (Å²) < 4.78 is 0. The van der Waals surface area contributed by atoms with Crippen molar-refractivity contribution in [1.82, 2.24) is 9.88 Å². The SMILES string of the molecule is Cc1[nH]c2c(C)ccc(C)c2c1C(CN)N(C)C. The molecule has 1 unspecified atom stereocenters. The van der Waals surface area contributed by atoms with E-state index < -0.39 is 0 Å². The van der Waals surface area contributed by atoms with Crippen LogP contribution in [0.15, 0.2) is 12.1 Å². The van der Waals surface area contributed by atoms with Gasteiger partial charge in [-0.1, -0.05) is 12.1 Å². The molecule has 1 atom stereocenters. The van der Waals surface area contributed by atoms with Crippen LogP contribution >= 0.6 is 0 Å². The highest BCUT2D eigenvalue weighted by atomic mass is 15.1. The van der Waals surface area contributed by atoms with Gasteiger partial charge in [0.2, 0.25) is 0 Å². The average Bonchev–Trinajstić information content (AvgIpc) is 2.64. The highest BCUT2D eigenvalue weighted by Gasteiger charge is 2.21. The molecule has 98 valence electrons. The predicted octanol–water partition coefficient (Wildman–Crippen LogP) is 2.65. The quantitative estimate of drug-likeness (QED) is 0.873. The summed E-state index contributed by atoms with van der Waals surface area (Å²) in [6.45, 7) is 7.09. The number of rotatable bonds is 3. The summed E-state index contributed by atoms with van der Waals surface area (Å²) in [7, 11) is 4.17. The van der Waals surface area contributed by atoms with E-state index in [-0.39, 0.29) is 6.04 Å². The van der Waals surface area contributed by atoms with Gasteiger partial charge in [0, 0.05) is 29.2 Å². The van der Waals surface area contributed by atoms with E-state index in [0.29, 0.717) is 6.54 Å². The van der Waals surface area contributed by atoms with Crippen molar-refractivity contribution >= 4 is 10.9 Å². The van der Waals surface area contributed by atoms with Gasteiger partial charge in [0.15, 0.2) is 0 Å². The van der Waals surface area contributed by atoms with Crippen LogP contribution in [0.1, 0.15) is 28.4 Å². The number of hydrogen-bond donors (Lipinski definition) is 2. The maximum Gasteiger partial charge on any atom is 0.0491 e. The summed E-state index contributed by atoms with van der Waals surface area (Å²) in [5.74, 6) is 0. The first kappa shape index (κ1) is 13.1. The molecule has 18 heavy (non-hydrogen) atoms. The van der Waals surface area contributed by atoms with Crippen molar-refractivity contribution in [3.05, 3.63) is 34.5 Å². The fraction of sp³-hybridized carbons (Fsp3) is 0.467. The summed E-state index contributed by atoms with van der Waals surface area (Å²) in [5, 5.41) is 1.34. The molecule has 3 heteroatoms. The number of nitrogens with two attached hydrogens (primary N) is 1. The van der Waals surface area contributed by atoms with Crippen LogP contribution in [-0.4, -0.2) is 30.5 Å². The van der Waals surface area contributed by atoms with Gasteiger partial charge in [-0.15, -0.1) is 0 Å². The third kappa shape index (κ3) is 1.93. The minimum atomic E-state index is 0.263. The molecule has 2 aromatic rings. The van der Waals surface area contributed by atoms with Crippen molar-refractivity contribution in [2.45, 2.75) is 26.8 Å². The van der Waals surface area contributed by atoms with Gasteiger partial charge in [-0.25, -0.2) is 0 Å². The van der Waals surface area contributed by atoms with E-state index in [9.17, 15) is 0 Å². The molecule has 3 N–H and O–H groups in total. The second-order valence-corrected chi connectivity index (χ2v) is 5.33. The van der Waals surface area contributed by atoms with Crippen molar-refractivity contribution < 1.29 is 0 Å². The van der Waals surface area contributed by atoms with Gasteiger partial charge < -0.3 is 15.6 Å². The third-order valence-corrected chi connectivity index (χ3v) is 3.79. The zero-order valence-electron chi connectivity index (χ0n) is 12.0. The van der Waals surface area contributed by atoms with Crippen molar-refractivity contribution in [3.63, 3.8) is 0 Å². The zero-order chi connectivity index (χ0) is 13.4. The molecule has 0 aliphatic carbocycles. The Balaban J connectivity index is 2.78. The highest BCUT2D eigenvalue weighted by Crippen LogP contribution is 2.33. The van der Waals surface area contributed by atoms with Gasteiger partial charge in [0.05, 0.1) is 0 Å². The number of hydrogen-bond acceptors (Lipinski definition) is 2. The van der Waals surface area contributed by atoms with E-state index in [0.717, 1.165) is 0 Å². The molecule has 0 saturated heterocycles. The van der Waals surface area contributed by atoms with Crippen LogP contribution in [-0.2, 0) is 0 Å². The number of H-pyrrole nitrogens is 1. The lowest BCUT2D eigenvalue weighted by Gasteiger charge is -2.23. The Morgan fingerprint density at radius 2 is 1.78 bits per heavy atom. The second-order valence-electron chi connectivity index (χ2n) is 5.33. The van der Waals surface area contributed by atoms with Crippen molar-refractivity contribution in [1.29, 1.82) is 0 Å². The topological polar surface area (TPSA) is 45.1 Å². The maximum absolute atomic E-state index is 5.96. The fourth-order valence-electron chi connectivity index (χ4n) is 2.76. The van der Waals surface area contributed by atoms with E-state index in [1.165, 1.54) is 33.3 Å². The Morgan fingerprint density at radius 1 is 1.17 bits per heavy atom. The number of aromatic nitrogens is 1. The molecule has 1 aromatic carbocycles. The zero-order valence-corrected chi connectivity index (χ0v) is 12.0. The molecule has 1 aromatic heterocycles. The number of nitrogens with one attached hydrogen (secondary N) is 1. The summed E-state index contributed by atoms with van der Waals surface area (Å²) in [4.78, 5) is 5.72. The summed E-state index contributed by atoms with van der Waals surface area (Å²) in [6, 6.07) is 4.63. The van der Waals surface area contributed by atoms with E-state index in [1.807, 2.05) is 0 Å². The first-order valence-electron chi connectivity index (χ1n) is 6.42. The number of aryl methyl sites for hydroxylation is 3. The van der Waals surface area contributed by atoms with Crippen LogP contribution in [0.25, 0.3) is 10.9 Å². The maximum atomic E-state index is 5.96. The smallest absolute Gasteiger partial charge is 0.0491 e. The molecule has 0 saturated carbocycles. The molecule has 0 bridgehead atoms. The predicted molar refractivity (Wildman–Crippen MR) is 78.0 cm³/mol. The average molecular weight is 245 g/mol. The number of aromatic amines is 1. The minimum absolute atomic E-state index is 0.263. The number of nitrogens with zero attached hydrogens (tertiary/aromatic N) is 1. The first-order chi connectivity index (χ1) is 8.47. The molecular weight excluding hydrogens is 222 g/mol. The lowest BCUT2D eigenvalue weighted by atomic mass is 9.97. The Morgan fingerprint density at radius 3 is 2.33 bits per heavy atom. The van der Waals surface area contributed by atoms with Crippen molar-refractivity contribution in [2.75, 3.05) is 20.6 Å². The second kappa shape index (κ2) is 4.75. The van der Waals surface area contributed by atoms with Gasteiger partial charge in [-0.2, -0.15) is 0 Å². The number of likely N-dealkylation sites (N-methyl/N-ethyl adjacent to an activating group) is 1. The summed E-state index contributed by atoms with van der Waals surface area (Å²) in [6.07, 6.45) is 0.